The maximum atomic E-state index is 13.5. The Labute approximate surface area is 180 Å². The molecule has 0 aliphatic carbocycles. The molecule has 7 heteroatoms. The smallest absolute Gasteiger partial charge is 0.256 e. The third-order valence-electron chi connectivity index (χ3n) is 5.80. The van der Waals surface area contributed by atoms with Gasteiger partial charge in [-0.1, -0.05) is 23.4 Å². The summed E-state index contributed by atoms with van der Waals surface area (Å²) in [4.78, 5) is 19.9. The minimum Gasteiger partial charge on any atom is -0.488 e. The van der Waals surface area contributed by atoms with Gasteiger partial charge in [0.05, 0.1) is 35.7 Å². The Morgan fingerprint density at radius 2 is 1.94 bits per heavy atom. The molecule has 3 heterocycles. The number of fused-ring (bicyclic) bond motifs is 1. The standard InChI is InChI=1S/C24H23N5O2/c1-17-11-12-18(31-23-10-4-8-21-19(23)7-5-13-25-21)16-28(17)24(30)20-6-2-3-9-22(20)29-15-14-26-27-29/h2-10,13-15,17-18H,11-12,16H2,1H3/t17-,18+/m0/s1. The van der Waals surface area contributed by atoms with Gasteiger partial charge in [-0.15, -0.1) is 5.10 Å². The molecule has 2 aromatic carbocycles. The van der Waals surface area contributed by atoms with Crippen LogP contribution in [0, 0.1) is 0 Å². The number of carbonyl (C=O) groups is 1. The predicted molar refractivity (Wildman–Crippen MR) is 117 cm³/mol. The van der Waals surface area contributed by atoms with Gasteiger partial charge >= 0.3 is 0 Å². The molecular formula is C24H23N5O2. The van der Waals surface area contributed by atoms with Crippen LogP contribution in [0.5, 0.6) is 5.75 Å². The number of nitrogens with zero attached hydrogens (tertiary/aromatic N) is 5. The second-order valence-electron chi connectivity index (χ2n) is 7.81. The Hall–Kier alpha value is -3.74. The quantitative estimate of drug-likeness (QED) is 0.508. The number of hydrogen-bond acceptors (Lipinski definition) is 5. The predicted octanol–water partition coefficient (Wildman–Crippen LogP) is 3.89. The number of hydrogen-bond donors (Lipinski definition) is 0. The molecule has 0 bridgehead atoms. The number of aromatic nitrogens is 4. The van der Waals surface area contributed by atoms with Crippen molar-refractivity contribution in [3.8, 4) is 11.4 Å². The van der Waals surface area contributed by atoms with Crippen LogP contribution >= 0.6 is 0 Å². The van der Waals surface area contributed by atoms with Crippen molar-refractivity contribution in [1.29, 1.82) is 0 Å². The zero-order valence-electron chi connectivity index (χ0n) is 17.3. The van der Waals surface area contributed by atoms with Gasteiger partial charge in [0.2, 0.25) is 0 Å². The summed E-state index contributed by atoms with van der Waals surface area (Å²) in [6.45, 7) is 2.62. The average molecular weight is 413 g/mol. The number of benzene rings is 2. The summed E-state index contributed by atoms with van der Waals surface area (Å²) in [5.41, 5.74) is 2.23. The molecule has 0 saturated carbocycles. The molecule has 0 spiro atoms. The number of ether oxygens (including phenoxy) is 1. The Morgan fingerprint density at radius 1 is 1.03 bits per heavy atom. The van der Waals surface area contributed by atoms with E-state index in [1.807, 2.05) is 59.5 Å². The van der Waals surface area contributed by atoms with Crippen molar-refractivity contribution < 1.29 is 9.53 Å². The molecule has 0 N–H and O–H groups in total. The lowest BCUT2D eigenvalue weighted by atomic mass is 9.99. The molecule has 0 radical (unpaired) electrons. The molecule has 1 amide bonds. The summed E-state index contributed by atoms with van der Waals surface area (Å²) in [7, 11) is 0. The maximum Gasteiger partial charge on any atom is 0.256 e. The van der Waals surface area contributed by atoms with E-state index in [4.69, 9.17) is 4.74 Å². The Morgan fingerprint density at radius 3 is 2.81 bits per heavy atom. The van der Waals surface area contributed by atoms with E-state index < -0.39 is 0 Å². The molecule has 31 heavy (non-hydrogen) atoms. The number of carbonyl (C=O) groups excluding carboxylic acids is 1. The van der Waals surface area contributed by atoms with E-state index in [9.17, 15) is 4.79 Å². The lowest BCUT2D eigenvalue weighted by Crippen LogP contribution is -2.49. The van der Waals surface area contributed by atoms with E-state index in [1.54, 1.807) is 23.3 Å². The van der Waals surface area contributed by atoms with Crippen LogP contribution in [-0.2, 0) is 0 Å². The van der Waals surface area contributed by atoms with Gasteiger partial charge in [0, 0.05) is 17.6 Å². The molecule has 4 aromatic rings. The van der Waals surface area contributed by atoms with Crippen LogP contribution < -0.4 is 4.74 Å². The zero-order chi connectivity index (χ0) is 21.2. The van der Waals surface area contributed by atoms with Crippen LogP contribution in [0.4, 0.5) is 0 Å². The van der Waals surface area contributed by atoms with Crippen molar-refractivity contribution in [2.24, 2.45) is 0 Å². The average Bonchev–Trinajstić information content (AvgIpc) is 3.35. The van der Waals surface area contributed by atoms with Gasteiger partial charge < -0.3 is 9.64 Å². The molecule has 7 nitrogen and oxygen atoms in total. The third-order valence-corrected chi connectivity index (χ3v) is 5.80. The summed E-state index contributed by atoms with van der Waals surface area (Å²) in [5, 5.41) is 8.92. The van der Waals surface area contributed by atoms with Gasteiger partial charge in [-0.2, -0.15) is 0 Å². The molecule has 5 rings (SSSR count). The Kier molecular flexibility index (Phi) is 5.08. The first-order chi connectivity index (χ1) is 15.2. The molecule has 156 valence electrons. The van der Waals surface area contributed by atoms with E-state index in [-0.39, 0.29) is 18.1 Å². The highest BCUT2D eigenvalue weighted by Crippen LogP contribution is 2.29. The van der Waals surface area contributed by atoms with Gasteiger partial charge in [-0.3, -0.25) is 9.78 Å². The van der Waals surface area contributed by atoms with Crippen molar-refractivity contribution >= 4 is 16.8 Å². The largest absolute Gasteiger partial charge is 0.488 e. The number of para-hydroxylation sites is 1. The van der Waals surface area contributed by atoms with Crippen LogP contribution in [0.3, 0.4) is 0 Å². The molecule has 1 aliphatic heterocycles. The molecule has 1 fully saturated rings. The van der Waals surface area contributed by atoms with E-state index in [0.29, 0.717) is 12.1 Å². The van der Waals surface area contributed by atoms with E-state index in [1.165, 1.54) is 0 Å². The molecule has 2 aromatic heterocycles. The first-order valence-electron chi connectivity index (χ1n) is 10.5. The third kappa shape index (κ3) is 3.74. The summed E-state index contributed by atoms with van der Waals surface area (Å²) in [6, 6.07) is 17.4. The number of likely N-dealkylation sites (tertiary alicyclic amines) is 1. The molecule has 0 unspecified atom stereocenters. The highest BCUT2D eigenvalue weighted by Gasteiger charge is 2.32. The van der Waals surface area contributed by atoms with Crippen molar-refractivity contribution in [2.75, 3.05) is 6.54 Å². The highest BCUT2D eigenvalue weighted by atomic mass is 16.5. The first kappa shape index (κ1) is 19.2. The molecule has 1 saturated heterocycles. The SMILES string of the molecule is C[C@H]1CC[C@@H](Oc2cccc3ncccc23)CN1C(=O)c1ccccc1-n1ccnn1. The fourth-order valence-corrected chi connectivity index (χ4v) is 4.16. The van der Waals surface area contributed by atoms with Crippen molar-refractivity contribution in [3.63, 3.8) is 0 Å². The van der Waals surface area contributed by atoms with Crippen molar-refractivity contribution in [2.45, 2.75) is 31.9 Å². The van der Waals surface area contributed by atoms with Gasteiger partial charge in [0.25, 0.3) is 5.91 Å². The molecular weight excluding hydrogens is 390 g/mol. The van der Waals surface area contributed by atoms with Crippen molar-refractivity contribution in [3.05, 3.63) is 78.8 Å². The normalized spacial score (nSPS) is 18.8. The Balaban J connectivity index is 1.40. The van der Waals surface area contributed by atoms with Gasteiger partial charge in [-0.25, -0.2) is 4.68 Å². The van der Waals surface area contributed by atoms with Gasteiger partial charge in [0.15, 0.2) is 0 Å². The summed E-state index contributed by atoms with van der Waals surface area (Å²) < 4.78 is 8.00. The minimum atomic E-state index is -0.0792. The van der Waals surface area contributed by atoms with Crippen LogP contribution in [0.15, 0.2) is 73.2 Å². The number of rotatable bonds is 4. The minimum absolute atomic E-state index is 0.0218. The lowest BCUT2D eigenvalue weighted by Gasteiger charge is -2.38. The monoisotopic (exact) mass is 413 g/mol. The lowest BCUT2D eigenvalue weighted by molar-refractivity contribution is 0.0388. The van der Waals surface area contributed by atoms with Gasteiger partial charge in [0.1, 0.15) is 11.9 Å². The van der Waals surface area contributed by atoms with E-state index in [2.05, 4.69) is 22.2 Å². The zero-order valence-corrected chi connectivity index (χ0v) is 17.3. The van der Waals surface area contributed by atoms with Crippen molar-refractivity contribution in [1.82, 2.24) is 24.9 Å². The second kappa shape index (κ2) is 8.18. The van der Waals surface area contributed by atoms with Crippen LogP contribution in [-0.4, -0.2) is 49.5 Å². The molecule has 1 aliphatic rings. The first-order valence-corrected chi connectivity index (χ1v) is 10.5. The fourth-order valence-electron chi connectivity index (χ4n) is 4.16. The van der Waals surface area contributed by atoms with Gasteiger partial charge in [-0.05, 0) is 56.2 Å². The van der Waals surface area contributed by atoms with Crippen LogP contribution in [0.25, 0.3) is 16.6 Å². The highest BCUT2D eigenvalue weighted by molar-refractivity contribution is 5.98. The van der Waals surface area contributed by atoms with Crippen LogP contribution in [0.1, 0.15) is 30.1 Å². The summed E-state index contributed by atoms with van der Waals surface area (Å²) in [5.74, 6) is 0.784. The second-order valence-corrected chi connectivity index (χ2v) is 7.81. The topological polar surface area (TPSA) is 73.1 Å². The Bertz CT molecular complexity index is 1200. The van der Waals surface area contributed by atoms with Crippen LogP contribution in [0.2, 0.25) is 0 Å². The fraction of sp³-hybridized carbons (Fsp3) is 0.250. The maximum absolute atomic E-state index is 13.5. The summed E-state index contributed by atoms with van der Waals surface area (Å²) >= 11 is 0. The summed E-state index contributed by atoms with van der Waals surface area (Å²) in [6.07, 6.45) is 6.82. The number of amides is 1. The van der Waals surface area contributed by atoms with E-state index >= 15 is 0 Å². The van der Waals surface area contributed by atoms with E-state index in [0.717, 1.165) is 35.2 Å². The molecule has 2 atom stereocenters. The number of pyridine rings is 1. The number of piperidine rings is 1.